The minimum atomic E-state index is -0.867. The van der Waals surface area contributed by atoms with Gasteiger partial charge in [-0.1, -0.05) is 12.5 Å². The van der Waals surface area contributed by atoms with Crippen molar-refractivity contribution in [1.82, 2.24) is 4.90 Å². The number of hydrogen-bond acceptors (Lipinski definition) is 3. The van der Waals surface area contributed by atoms with Gasteiger partial charge in [0.1, 0.15) is 0 Å². The standard InChI is InChI=1S/C16H22N2O2/c1-18-14-6-3-7-15(18)10-13(9-14)17-12-5-2-4-11(8-12)16(19)20/h2,4-5,8,13-15,17H,3,6-7,9-10H2,1H3,(H,19,20). The molecular formula is C16H22N2O2. The first-order valence-electron chi connectivity index (χ1n) is 7.45. The topological polar surface area (TPSA) is 52.6 Å². The molecule has 2 aliphatic rings. The van der Waals surface area contributed by atoms with Crippen LogP contribution < -0.4 is 5.32 Å². The number of carbonyl (C=O) groups is 1. The van der Waals surface area contributed by atoms with Gasteiger partial charge in [-0.3, -0.25) is 0 Å². The first-order chi connectivity index (χ1) is 9.63. The molecule has 2 heterocycles. The Morgan fingerprint density at radius 3 is 2.65 bits per heavy atom. The van der Waals surface area contributed by atoms with E-state index in [-0.39, 0.29) is 0 Å². The molecule has 0 spiro atoms. The molecule has 4 nitrogen and oxygen atoms in total. The number of piperidine rings is 2. The lowest BCUT2D eigenvalue weighted by molar-refractivity contribution is 0.0608. The molecule has 2 aliphatic heterocycles. The number of anilines is 1. The number of nitrogens with one attached hydrogen (secondary N) is 1. The second kappa shape index (κ2) is 5.44. The Hall–Kier alpha value is -1.55. The summed E-state index contributed by atoms with van der Waals surface area (Å²) in [4.78, 5) is 13.6. The predicted molar refractivity (Wildman–Crippen MR) is 79.2 cm³/mol. The summed E-state index contributed by atoms with van der Waals surface area (Å²) in [7, 11) is 2.25. The summed E-state index contributed by atoms with van der Waals surface area (Å²) in [6.07, 6.45) is 6.25. The van der Waals surface area contributed by atoms with Crippen molar-refractivity contribution in [2.24, 2.45) is 0 Å². The van der Waals surface area contributed by atoms with Crippen LogP contribution >= 0.6 is 0 Å². The van der Waals surface area contributed by atoms with Crippen LogP contribution in [0.3, 0.4) is 0 Å². The van der Waals surface area contributed by atoms with Crippen LogP contribution in [0.4, 0.5) is 5.69 Å². The highest BCUT2D eigenvalue weighted by atomic mass is 16.4. The summed E-state index contributed by atoms with van der Waals surface area (Å²) < 4.78 is 0. The van der Waals surface area contributed by atoms with Crippen molar-refractivity contribution in [1.29, 1.82) is 0 Å². The number of nitrogens with zero attached hydrogens (tertiary/aromatic N) is 1. The highest BCUT2D eigenvalue weighted by Crippen LogP contribution is 2.33. The van der Waals surface area contributed by atoms with Crippen LogP contribution in [0.1, 0.15) is 42.5 Å². The molecule has 2 unspecified atom stereocenters. The molecule has 2 N–H and O–H groups in total. The molecule has 20 heavy (non-hydrogen) atoms. The van der Waals surface area contributed by atoms with Gasteiger partial charge in [0.15, 0.2) is 0 Å². The number of hydrogen-bond donors (Lipinski definition) is 2. The second-order valence-electron chi connectivity index (χ2n) is 6.10. The number of fused-ring (bicyclic) bond motifs is 2. The molecular weight excluding hydrogens is 252 g/mol. The predicted octanol–water partition coefficient (Wildman–Crippen LogP) is 2.81. The molecule has 1 aromatic rings. The maximum atomic E-state index is 11.0. The smallest absolute Gasteiger partial charge is 0.335 e. The van der Waals surface area contributed by atoms with Gasteiger partial charge in [-0.05, 0) is 50.9 Å². The zero-order valence-electron chi connectivity index (χ0n) is 11.9. The normalized spacial score (nSPS) is 29.9. The summed E-state index contributed by atoms with van der Waals surface area (Å²) in [5, 5.41) is 12.6. The second-order valence-corrected chi connectivity index (χ2v) is 6.10. The van der Waals surface area contributed by atoms with Gasteiger partial charge in [-0.15, -0.1) is 0 Å². The zero-order valence-corrected chi connectivity index (χ0v) is 11.9. The molecule has 0 amide bonds. The lowest BCUT2D eigenvalue weighted by atomic mass is 9.82. The van der Waals surface area contributed by atoms with Gasteiger partial charge in [-0.25, -0.2) is 4.79 Å². The third-order valence-electron chi connectivity index (χ3n) is 4.82. The van der Waals surface area contributed by atoms with Crippen LogP contribution in [0.2, 0.25) is 0 Å². The first kappa shape index (κ1) is 13.4. The number of carboxylic acid groups (broad SMARTS) is 1. The van der Waals surface area contributed by atoms with E-state index in [4.69, 9.17) is 5.11 Å². The van der Waals surface area contributed by atoms with Gasteiger partial charge in [-0.2, -0.15) is 0 Å². The molecule has 4 heteroatoms. The van der Waals surface area contributed by atoms with Gasteiger partial charge in [0.2, 0.25) is 0 Å². The summed E-state index contributed by atoms with van der Waals surface area (Å²) in [5.74, 6) is -0.867. The molecule has 0 radical (unpaired) electrons. The van der Waals surface area contributed by atoms with E-state index in [1.54, 1.807) is 12.1 Å². The molecule has 2 fully saturated rings. The molecule has 2 saturated heterocycles. The molecule has 2 atom stereocenters. The Balaban J connectivity index is 1.69. The fourth-order valence-electron chi connectivity index (χ4n) is 3.71. The Bertz CT molecular complexity index is 489. The van der Waals surface area contributed by atoms with Gasteiger partial charge in [0.05, 0.1) is 5.56 Å². The molecule has 108 valence electrons. The monoisotopic (exact) mass is 274 g/mol. The molecule has 0 saturated carbocycles. The average molecular weight is 274 g/mol. The lowest BCUT2D eigenvalue weighted by Crippen LogP contribution is -2.52. The van der Waals surface area contributed by atoms with Crippen LogP contribution in [0.25, 0.3) is 0 Å². The van der Waals surface area contributed by atoms with Gasteiger partial charge in [0, 0.05) is 23.8 Å². The van der Waals surface area contributed by atoms with E-state index in [0.29, 0.717) is 23.7 Å². The number of benzene rings is 1. The highest BCUT2D eigenvalue weighted by molar-refractivity contribution is 5.88. The van der Waals surface area contributed by atoms with Crippen molar-refractivity contribution >= 4 is 11.7 Å². The van der Waals surface area contributed by atoms with Gasteiger partial charge < -0.3 is 15.3 Å². The lowest BCUT2D eigenvalue weighted by Gasteiger charge is -2.47. The van der Waals surface area contributed by atoms with E-state index < -0.39 is 5.97 Å². The third-order valence-corrected chi connectivity index (χ3v) is 4.82. The minimum Gasteiger partial charge on any atom is -0.478 e. The van der Waals surface area contributed by atoms with Crippen LogP contribution in [-0.2, 0) is 0 Å². The maximum Gasteiger partial charge on any atom is 0.335 e. The van der Waals surface area contributed by atoms with E-state index in [2.05, 4.69) is 17.3 Å². The molecule has 3 rings (SSSR count). The Morgan fingerprint density at radius 1 is 1.30 bits per heavy atom. The quantitative estimate of drug-likeness (QED) is 0.890. The maximum absolute atomic E-state index is 11.0. The van der Waals surface area contributed by atoms with Crippen LogP contribution in [-0.4, -0.2) is 41.1 Å². The van der Waals surface area contributed by atoms with Crippen molar-refractivity contribution in [3.63, 3.8) is 0 Å². The zero-order chi connectivity index (χ0) is 14.1. The fourth-order valence-corrected chi connectivity index (χ4v) is 3.71. The molecule has 0 aliphatic carbocycles. The first-order valence-corrected chi connectivity index (χ1v) is 7.45. The van der Waals surface area contributed by atoms with Crippen LogP contribution in [0.15, 0.2) is 24.3 Å². The van der Waals surface area contributed by atoms with Crippen LogP contribution in [0.5, 0.6) is 0 Å². The average Bonchev–Trinajstić information content (AvgIpc) is 2.40. The fraction of sp³-hybridized carbons (Fsp3) is 0.562. The van der Waals surface area contributed by atoms with E-state index >= 15 is 0 Å². The third kappa shape index (κ3) is 2.66. The Labute approximate surface area is 119 Å². The minimum absolute atomic E-state index is 0.350. The Morgan fingerprint density at radius 2 is 2.00 bits per heavy atom. The van der Waals surface area contributed by atoms with Crippen molar-refractivity contribution in [3.05, 3.63) is 29.8 Å². The van der Waals surface area contributed by atoms with Crippen molar-refractivity contribution in [2.45, 2.75) is 50.2 Å². The number of aromatic carboxylic acids is 1. The SMILES string of the molecule is CN1C2CCCC1CC(Nc1cccc(C(=O)O)c1)C2. The summed E-state index contributed by atoms with van der Waals surface area (Å²) in [6, 6.07) is 8.96. The summed E-state index contributed by atoms with van der Waals surface area (Å²) >= 11 is 0. The number of carboxylic acids is 1. The van der Waals surface area contributed by atoms with E-state index in [1.807, 2.05) is 12.1 Å². The Kier molecular flexibility index (Phi) is 3.66. The molecule has 0 aromatic heterocycles. The van der Waals surface area contributed by atoms with Gasteiger partial charge in [0.25, 0.3) is 0 Å². The van der Waals surface area contributed by atoms with Crippen molar-refractivity contribution in [3.8, 4) is 0 Å². The van der Waals surface area contributed by atoms with Crippen molar-refractivity contribution < 1.29 is 9.90 Å². The van der Waals surface area contributed by atoms with Crippen LogP contribution in [0, 0.1) is 0 Å². The number of rotatable bonds is 3. The summed E-state index contributed by atoms with van der Waals surface area (Å²) in [5.41, 5.74) is 1.28. The summed E-state index contributed by atoms with van der Waals surface area (Å²) in [6.45, 7) is 0. The largest absolute Gasteiger partial charge is 0.478 e. The molecule has 2 bridgehead atoms. The van der Waals surface area contributed by atoms with E-state index in [0.717, 1.165) is 18.5 Å². The van der Waals surface area contributed by atoms with E-state index in [9.17, 15) is 4.79 Å². The van der Waals surface area contributed by atoms with Gasteiger partial charge >= 0.3 is 5.97 Å². The molecule has 1 aromatic carbocycles. The van der Waals surface area contributed by atoms with Crippen molar-refractivity contribution in [2.75, 3.05) is 12.4 Å². The van der Waals surface area contributed by atoms with E-state index in [1.165, 1.54) is 19.3 Å². The highest BCUT2D eigenvalue weighted by Gasteiger charge is 2.35.